The number of halogens is 2. The molecule has 1 saturated carbocycles. The maximum atomic E-state index is 14.0. The second kappa shape index (κ2) is 6.22. The van der Waals surface area contributed by atoms with Crippen molar-refractivity contribution in [2.75, 3.05) is 0 Å². The molecule has 1 aliphatic carbocycles. The molecule has 1 fully saturated rings. The van der Waals surface area contributed by atoms with Crippen LogP contribution in [-0.2, 0) is 11.2 Å². The Labute approximate surface area is 127 Å². The monoisotopic (exact) mass is 302 g/mol. The summed E-state index contributed by atoms with van der Waals surface area (Å²) in [7, 11) is 0. The lowest BCUT2D eigenvalue weighted by Crippen LogP contribution is -2.31. The summed E-state index contributed by atoms with van der Waals surface area (Å²) in [5.41, 5.74) is 1.01. The van der Waals surface area contributed by atoms with Gasteiger partial charge in [0.15, 0.2) is 0 Å². The first-order valence-corrected chi connectivity index (χ1v) is 7.26. The van der Waals surface area contributed by atoms with E-state index in [-0.39, 0.29) is 23.8 Å². The van der Waals surface area contributed by atoms with Crippen LogP contribution >= 0.6 is 0 Å². The van der Waals surface area contributed by atoms with Crippen molar-refractivity contribution in [1.29, 1.82) is 0 Å². The molecule has 1 atom stereocenters. The summed E-state index contributed by atoms with van der Waals surface area (Å²) in [6.45, 7) is 0. The third-order valence-corrected chi connectivity index (χ3v) is 3.79. The number of hydrogen-bond acceptors (Lipinski definition) is 2. The van der Waals surface area contributed by atoms with Crippen LogP contribution < -0.4 is 5.32 Å². The topological polar surface area (TPSA) is 42.0 Å². The molecule has 114 valence electrons. The first-order chi connectivity index (χ1) is 10.6. The van der Waals surface area contributed by atoms with E-state index >= 15 is 0 Å². The van der Waals surface area contributed by atoms with Crippen molar-refractivity contribution in [2.45, 2.75) is 25.3 Å². The van der Waals surface area contributed by atoms with Gasteiger partial charge in [-0.05, 0) is 48.6 Å². The van der Waals surface area contributed by atoms with Crippen molar-refractivity contribution < 1.29 is 13.6 Å². The van der Waals surface area contributed by atoms with Gasteiger partial charge in [0, 0.05) is 18.0 Å². The highest BCUT2D eigenvalue weighted by Crippen LogP contribution is 2.41. The fraction of sp³-hybridized carbons (Fsp3) is 0.294. The lowest BCUT2D eigenvalue weighted by atomic mass is 10.0. The second-order valence-electron chi connectivity index (χ2n) is 5.59. The van der Waals surface area contributed by atoms with E-state index in [0.717, 1.165) is 30.5 Å². The van der Waals surface area contributed by atoms with Crippen molar-refractivity contribution in [1.82, 2.24) is 10.3 Å². The van der Waals surface area contributed by atoms with Crippen LogP contribution in [0.15, 0.2) is 42.7 Å². The zero-order chi connectivity index (χ0) is 15.5. The van der Waals surface area contributed by atoms with Gasteiger partial charge in [-0.25, -0.2) is 8.78 Å². The molecule has 0 radical (unpaired) electrons. The molecule has 0 aliphatic heterocycles. The number of aromatic nitrogens is 1. The third-order valence-electron chi connectivity index (χ3n) is 3.79. The third kappa shape index (κ3) is 3.47. The SMILES string of the molecule is O=C(Cc1cccnc1)NC(c1cc(F)ccc1F)C1CC1. The van der Waals surface area contributed by atoms with E-state index in [0.29, 0.717) is 0 Å². The van der Waals surface area contributed by atoms with Crippen molar-refractivity contribution in [2.24, 2.45) is 5.92 Å². The van der Waals surface area contributed by atoms with Gasteiger partial charge in [-0.15, -0.1) is 0 Å². The molecule has 5 heteroatoms. The van der Waals surface area contributed by atoms with Crippen LogP contribution in [0.3, 0.4) is 0 Å². The fourth-order valence-corrected chi connectivity index (χ4v) is 2.54. The smallest absolute Gasteiger partial charge is 0.224 e. The molecule has 1 N–H and O–H groups in total. The molecule has 1 aromatic carbocycles. The minimum atomic E-state index is -0.497. The quantitative estimate of drug-likeness (QED) is 0.922. The molecule has 1 unspecified atom stereocenters. The molecule has 0 spiro atoms. The minimum absolute atomic E-state index is 0.175. The highest BCUT2D eigenvalue weighted by molar-refractivity contribution is 5.79. The lowest BCUT2D eigenvalue weighted by Gasteiger charge is -2.19. The van der Waals surface area contributed by atoms with Crippen LogP contribution in [0.5, 0.6) is 0 Å². The van der Waals surface area contributed by atoms with Crippen molar-refractivity contribution in [3.8, 4) is 0 Å². The Bertz CT molecular complexity index is 672. The van der Waals surface area contributed by atoms with Gasteiger partial charge in [0.2, 0.25) is 5.91 Å². The number of benzene rings is 1. The van der Waals surface area contributed by atoms with E-state index in [1.807, 2.05) is 6.07 Å². The Balaban J connectivity index is 1.75. The standard InChI is InChI=1S/C17H16F2N2O/c18-13-5-6-15(19)14(9-13)17(12-3-4-12)21-16(22)8-11-2-1-7-20-10-11/h1-2,5-7,9-10,12,17H,3-4,8H2,(H,21,22). The van der Waals surface area contributed by atoms with Gasteiger partial charge in [-0.2, -0.15) is 0 Å². The van der Waals surface area contributed by atoms with Crippen LogP contribution in [0, 0.1) is 17.6 Å². The molecule has 0 saturated heterocycles. The van der Waals surface area contributed by atoms with Crippen LogP contribution in [0.2, 0.25) is 0 Å². The fourth-order valence-electron chi connectivity index (χ4n) is 2.54. The molecule has 0 bridgehead atoms. The Kier molecular flexibility index (Phi) is 4.13. The van der Waals surface area contributed by atoms with Crippen LogP contribution in [0.1, 0.15) is 30.0 Å². The molecule has 3 rings (SSSR count). The summed E-state index contributed by atoms with van der Waals surface area (Å²) in [6, 6.07) is 6.45. The van der Waals surface area contributed by atoms with Crippen LogP contribution in [0.4, 0.5) is 8.78 Å². The minimum Gasteiger partial charge on any atom is -0.349 e. The van der Waals surface area contributed by atoms with Gasteiger partial charge >= 0.3 is 0 Å². The summed E-state index contributed by atoms with van der Waals surface area (Å²) in [5.74, 6) is -1.02. The summed E-state index contributed by atoms with van der Waals surface area (Å²) >= 11 is 0. The molecule has 1 aliphatic rings. The van der Waals surface area contributed by atoms with Crippen molar-refractivity contribution >= 4 is 5.91 Å². The average Bonchev–Trinajstić information content (AvgIpc) is 3.33. The molecule has 1 amide bonds. The Morgan fingerprint density at radius 3 is 2.82 bits per heavy atom. The predicted octanol–water partition coefficient (Wildman–Crippen LogP) is 3.17. The molecule has 2 aromatic rings. The number of nitrogens with zero attached hydrogens (tertiary/aromatic N) is 1. The molecule has 1 aromatic heterocycles. The van der Waals surface area contributed by atoms with Gasteiger partial charge in [0.05, 0.1) is 12.5 Å². The normalized spacial score (nSPS) is 15.4. The summed E-state index contributed by atoms with van der Waals surface area (Å²) in [4.78, 5) is 16.1. The summed E-state index contributed by atoms with van der Waals surface area (Å²) in [6.07, 6.45) is 5.25. The molecule has 1 heterocycles. The second-order valence-corrected chi connectivity index (χ2v) is 5.59. The van der Waals surface area contributed by atoms with Gasteiger partial charge in [-0.1, -0.05) is 6.07 Å². The average molecular weight is 302 g/mol. The highest BCUT2D eigenvalue weighted by atomic mass is 19.1. The van der Waals surface area contributed by atoms with Gasteiger partial charge < -0.3 is 5.32 Å². The molecule has 22 heavy (non-hydrogen) atoms. The number of carbonyl (C=O) groups is 1. The van der Waals surface area contributed by atoms with Gasteiger partial charge in [0.25, 0.3) is 0 Å². The van der Waals surface area contributed by atoms with Crippen LogP contribution in [-0.4, -0.2) is 10.9 Å². The van der Waals surface area contributed by atoms with E-state index < -0.39 is 17.7 Å². The van der Waals surface area contributed by atoms with E-state index in [4.69, 9.17) is 0 Å². The summed E-state index contributed by atoms with van der Waals surface area (Å²) < 4.78 is 27.3. The number of amides is 1. The lowest BCUT2D eigenvalue weighted by molar-refractivity contribution is -0.121. The first kappa shape index (κ1) is 14.6. The maximum Gasteiger partial charge on any atom is 0.224 e. The number of carbonyl (C=O) groups excluding carboxylic acids is 1. The van der Waals surface area contributed by atoms with Crippen LogP contribution in [0.25, 0.3) is 0 Å². The van der Waals surface area contributed by atoms with E-state index in [9.17, 15) is 13.6 Å². The zero-order valence-corrected chi connectivity index (χ0v) is 11.9. The van der Waals surface area contributed by atoms with E-state index in [1.54, 1.807) is 18.5 Å². The Morgan fingerprint density at radius 2 is 2.14 bits per heavy atom. The van der Waals surface area contributed by atoms with Crippen molar-refractivity contribution in [3.63, 3.8) is 0 Å². The predicted molar refractivity (Wildman–Crippen MR) is 77.9 cm³/mol. The van der Waals surface area contributed by atoms with E-state index in [2.05, 4.69) is 10.3 Å². The molecular formula is C17H16F2N2O. The number of pyridine rings is 1. The van der Waals surface area contributed by atoms with Gasteiger partial charge in [0.1, 0.15) is 11.6 Å². The Hall–Kier alpha value is -2.30. The highest BCUT2D eigenvalue weighted by Gasteiger charge is 2.35. The number of nitrogens with one attached hydrogen (secondary N) is 1. The van der Waals surface area contributed by atoms with Crippen molar-refractivity contribution in [3.05, 3.63) is 65.5 Å². The largest absolute Gasteiger partial charge is 0.349 e. The number of rotatable bonds is 5. The molecule has 3 nitrogen and oxygen atoms in total. The van der Waals surface area contributed by atoms with E-state index in [1.165, 1.54) is 6.07 Å². The first-order valence-electron chi connectivity index (χ1n) is 7.26. The maximum absolute atomic E-state index is 14.0. The number of hydrogen-bond donors (Lipinski definition) is 1. The molecular weight excluding hydrogens is 286 g/mol. The summed E-state index contributed by atoms with van der Waals surface area (Å²) in [5, 5.41) is 2.84. The van der Waals surface area contributed by atoms with Gasteiger partial charge in [-0.3, -0.25) is 9.78 Å². The Morgan fingerprint density at radius 1 is 1.32 bits per heavy atom. The zero-order valence-electron chi connectivity index (χ0n) is 11.9.